The molecule has 3 N–H and O–H groups in total. The molecule has 3 nitrogen and oxygen atoms in total. The zero-order valence-electron chi connectivity index (χ0n) is 8.91. The second-order valence-electron chi connectivity index (χ2n) is 3.70. The lowest BCUT2D eigenvalue weighted by molar-refractivity contribution is 0.627. The quantitative estimate of drug-likeness (QED) is 0.821. The van der Waals surface area contributed by atoms with Crippen molar-refractivity contribution in [1.82, 2.24) is 9.97 Å². The highest BCUT2D eigenvalue weighted by atomic mass is 19.1. The maximum atomic E-state index is 12.7. The van der Waals surface area contributed by atoms with E-state index >= 15 is 0 Å². The summed E-state index contributed by atoms with van der Waals surface area (Å²) < 4.78 is 12.7. The third-order valence-electron chi connectivity index (χ3n) is 2.38. The summed E-state index contributed by atoms with van der Waals surface area (Å²) in [4.78, 5) is 7.44. The van der Waals surface area contributed by atoms with Gasteiger partial charge in [0.25, 0.3) is 0 Å². The summed E-state index contributed by atoms with van der Waals surface area (Å²) in [5.74, 6) is 0.669. The first-order valence-electron chi connectivity index (χ1n) is 5.25. The van der Waals surface area contributed by atoms with E-state index in [1.54, 1.807) is 18.3 Å². The fraction of sp³-hybridized carbons (Fsp3) is 0.250. The Kier molecular flexibility index (Phi) is 3.31. The number of nitrogens with one attached hydrogen (secondary N) is 1. The van der Waals surface area contributed by atoms with Crippen molar-refractivity contribution < 1.29 is 4.39 Å². The third kappa shape index (κ3) is 2.67. The number of H-pyrrole nitrogens is 1. The smallest absolute Gasteiger partial charge is 0.123 e. The van der Waals surface area contributed by atoms with Crippen LogP contribution in [0.3, 0.4) is 0 Å². The average Bonchev–Trinajstić information content (AvgIpc) is 2.70. The molecule has 0 amide bonds. The van der Waals surface area contributed by atoms with E-state index in [-0.39, 0.29) is 5.82 Å². The molecular weight excluding hydrogens is 205 g/mol. The molecule has 4 heteroatoms. The van der Waals surface area contributed by atoms with Crippen LogP contribution in [0, 0.1) is 5.82 Å². The Balaban J connectivity index is 2.05. The molecule has 0 aliphatic rings. The summed E-state index contributed by atoms with van der Waals surface area (Å²) >= 11 is 0. The molecule has 2 rings (SSSR count). The number of imidazole rings is 1. The number of benzene rings is 1. The summed E-state index contributed by atoms with van der Waals surface area (Å²) in [5, 5.41) is 0. The molecule has 1 aromatic heterocycles. The van der Waals surface area contributed by atoms with Gasteiger partial charge in [-0.2, -0.15) is 0 Å². The highest BCUT2D eigenvalue weighted by molar-refractivity contribution is 5.20. The topological polar surface area (TPSA) is 54.7 Å². The molecule has 1 aromatic carbocycles. The number of rotatable bonds is 4. The van der Waals surface area contributed by atoms with E-state index in [9.17, 15) is 4.39 Å². The van der Waals surface area contributed by atoms with E-state index in [0.717, 1.165) is 23.5 Å². The SMILES string of the molecule is NCCc1cnc(Cc2ccc(F)cc2)[nH]1. The normalized spacial score (nSPS) is 10.6. The van der Waals surface area contributed by atoms with Crippen LogP contribution in [0.15, 0.2) is 30.5 Å². The Morgan fingerprint density at radius 2 is 2.00 bits per heavy atom. The predicted octanol–water partition coefficient (Wildman–Crippen LogP) is 1.64. The Bertz CT molecular complexity index is 448. The molecule has 0 aliphatic heterocycles. The van der Waals surface area contributed by atoms with E-state index in [1.165, 1.54) is 12.1 Å². The van der Waals surface area contributed by atoms with Crippen molar-refractivity contribution in [1.29, 1.82) is 0 Å². The molecule has 0 fully saturated rings. The summed E-state index contributed by atoms with van der Waals surface area (Å²) in [5.41, 5.74) is 7.53. The molecule has 0 atom stereocenters. The standard InChI is InChI=1S/C12H14FN3/c13-10-3-1-9(2-4-10)7-12-15-8-11(16-12)5-6-14/h1-4,8H,5-7,14H2,(H,15,16). The molecular formula is C12H14FN3. The van der Waals surface area contributed by atoms with Gasteiger partial charge in [-0.3, -0.25) is 0 Å². The van der Waals surface area contributed by atoms with Crippen molar-refractivity contribution in [3.8, 4) is 0 Å². The Morgan fingerprint density at radius 3 is 2.69 bits per heavy atom. The van der Waals surface area contributed by atoms with Gasteiger partial charge in [0.2, 0.25) is 0 Å². The van der Waals surface area contributed by atoms with Crippen LogP contribution in [0.25, 0.3) is 0 Å². The Hall–Kier alpha value is -1.68. The molecule has 0 saturated carbocycles. The van der Waals surface area contributed by atoms with Gasteiger partial charge in [0.15, 0.2) is 0 Å². The highest BCUT2D eigenvalue weighted by Gasteiger charge is 2.01. The first kappa shape index (κ1) is 10.8. The first-order valence-corrected chi connectivity index (χ1v) is 5.25. The summed E-state index contributed by atoms with van der Waals surface area (Å²) in [6, 6.07) is 6.44. The van der Waals surface area contributed by atoms with Crippen LogP contribution < -0.4 is 5.73 Å². The van der Waals surface area contributed by atoms with Gasteiger partial charge in [0.1, 0.15) is 11.6 Å². The highest BCUT2D eigenvalue weighted by Crippen LogP contribution is 2.08. The summed E-state index contributed by atoms with van der Waals surface area (Å²) in [6.07, 6.45) is 3.28. The number of hydrogen-bond donors (Lipinski definition) is 2. The van der Waals surface area contributed by atoms with E-state index in [1.807, 2.05) is 0 Å². The van der Waals surface area contributed by atoms with Crippen molar-refractivity contribution in [2.75, 3.05) is 6.54 Å². The van der Waals surface area contributed by atoms with Crippen LogP contribution in [-0.4, -0.2) is 16.5 Å². The van der Waals surface area contributed by atoms with Crippen LogP contribution in [0.1, 0.15) is 17.1 Å². The van der Waals surface area contributed by atoms with E-state index in [2.05, 4.69) is 9.97 Å². The molecule has 84 valence electrons. The van der Waals surface area contributed by atoms with Crippen LogP contribution in [0.5, 0.6) is 0 Å². The van der Waals surface area contributed by atoms with Gasteiger partial charge >= 0.3 is 0 Å². The van der Waals surface area contributed by atoms with Gasteiger partial charge in [0, 0.05) is 24.7 Å². The van der Waals surface area contributed by atoms with Gasteiger partial charge in [-0.1, -0.05) is 12.1 Å². The lowest BCUT2D eigenvalue weighted by atomic mass is 10.1. The minimum absolute atomic E-state index is 0.216. The maximum Gasteiger partial charge on any atom is 0.123 e. The van der Waals surface area contributed by atoms with Gasteiger partial charge in [-0.25, -0.2) is 9.37 Å². The molecule has 0 radical (unpaired) electrons. The molecule has 0 unspecified atom stereocenters. The number of nitrogens with two attached hydrogens (primary N) is 1. The molecule has 2 aromatic rings. The van der Waals surface area contributed by atoms with Crippen LogP contribution in [0.4, 0.5) is 4.39 Å². The zero-order valence-corrected chi connectivity index (χ0v) is 8.91. The third-order valence-corrected chi connectivity index (χ3v) is 2.38. The molecule has 0 aliphatic carbocycles. The fourth-order valence-corrected chi connectivity index (χ4v) is 1.57. The fourth-order valence-electron chi connectivity index (χ4n) is 1.57. The average molecular weight is 219 g/mol. The molecule has 0 bridgehead atoms. The maximum absolute atomic E-state index is 12.7. The molecule has 16 heavy (non-hydrogen) atoms. The summed E-state index contributed by atoms with van der Waals surface area (Å²) in [6.45, 7) is 0.609. The number of aromatic nitrogens is 2. The van der Waals surface area contributed by atoms with E-state index in [4.69, 9.17) is 5.73 Å². The van der Waals surface area contributed by atoms with Gasteiger partial charge < -0.3 is 10.7 Å². The summed E-state index contributed by atoms with van der Waals surface area (Å²) in [7, 11) is 0. The molecule has 0 spiro atoms. The lowest BCUT2D eigenvalue weighted by Gasteiger charge is -1.98. The number of aromatic amines is 1. The van der Waals surface area contributed by atoms with Crippen molar-refractivity contribution in [2.24, 2.45) is 5.73 Å². The van der Waals surface area contributed by atoms with Crippen LogP contribution >= 0.6 is 0 Å². The van der Waals surface area contributed by atoms with Crippen LogP contribution in [0.2, 0.25) is 0 Å². The van der Waals surface area contributed by atoms with Gasteiger partial charge in [-0.05, 0) is 24.2 Å². The number of nitrogens with zero attached hydrogens (tertiary/aromatic N) is 1. The first-order chi connectivity index (χ1) is 7.78. The van der Waals surface area contributed by atoms with Crippen molar-refractivity contribution in [3.05, 3.63) is 53.4 Å². The minimum atomic E-state index is -0.216. The Morgan fingerprint density at radius 1 is 1.25 bits per heavy atom. The Labute approximate surface area is 93.5 Å². The molecule has 0 saturated heterocycles. The monoisotopic (exact) mass is 219 g/mol. The van der Waals surface area contributed by atoms with Gasteiger partial charge in [0.05, 0.1) is 0 Å². The lowest BCUT2D eigenvalue weighted by Crippen LogP contribution is -2.02. The van der Waals surface area contributed by atoms with Crippen molar-refractivity contribution >= 4 is 0 Å². The minimum Gasteiger partial charge on any atom is -0.346 e. The van der Waals surface area contributed by atoms with Gasteiger partial charge in [-0.15, -0.1) is 0 Å². The van der Waals surface area contributed by atoms with Crippen LogP contribution in [-0.2, 0) is 12.8 Å². The van der Waals surface area contributed by atoms with Crippen molar-refractivity contribution in [3.63, 3.8) is 0 Å². The van der Waals surface area contributed by atoms with E-state index < -0.39 is 0 Å². The number of halogens is 1. The molecule has 1 heterocycles. The second-order valence-corrected chi connectivity index (χ2v) is 3.70. The van der Waals surface area contributed by atoms with Crippen molar-refractivity contribution in [2.45, 2.75) is 12.8 Å². The second kappa shape index (κ2) is 4.90. The van der Waals surface area contributed by atoms with E-state index in [0.29, 0.717) is 13.0 Å². The predicted molar refractivity (Wildman–Crippen MR) is 60.6 cm³/mol. The number of hydrogen-bond acceptors (Lipinski definition) is 2. The zero-order chi connectivity index (χ0) is 11.4. The largest absolute Gasteiger partial charge is 0.346 e.